The van der Waals surface area contributed by atoms with Gasteiger partial charge in [0.2, 0.25) is 0 Å². The summed E-state index contributed by atoms with van der Waals surface area (Å²) < 4.78 is 62.5. The molecule has 107 heavy (non-hydrogen) atoms. The molecule has 0 radical (unpaired) electrons. The molecule has 5 atom stereocenters. The second-order valence-corrected chi connectivity index (χ2v) is 48.6. The van der Waals surface area contributed by atoms with Crippen molar-refractivity contribution in [3.8, 4) is 0 Å². The maximum absolute atomic E-state index is 12.6. The third kappa shape index (κ3) is 30.9. The van der Waals surface area contributed by atoms with Crippen molar-refractivity contribution in [3.63, 3.8) is 0 Å². The Morgan fingerprint density at radius 2 is 0.598 bits per heavy atom. The molecule has 3 spiro atoms. The van der Waals surface area contributed by atoms with Crippen LogP contribution >= 0.6 is 0 Å². The molecule has 0 aromatic heterocycles. The molecule has 0 heterocycles. The lowest BCUT2D eigenvalue weighted by molar-refractivity contribution is -0.291. The number of hydrogen-bond donors (Lipinski definition) is 0. The normalized spacial score (nSPS) is 32.4. The minimum absolute atomic E-state index is 0.0949. The highest BCUT2D eigenvalue weighted by Gasteiger charge is 2.72. The number of alkyl halides is 5. The zero-order chi connectivity index (χ0) is 80.6. The van der Waals surface area contributed by atoms with Crippen molar-refractivity contribution in [1.29, 1.82) is 0 Å². The van der Waals surface area contributed by atoms with Gasteiger partial charge in [-0.3, -0.25) is 0 Å². The molecule has 0 aromatic carbocycles. The van der Waals surface area contributed by atoms with Gasteiger partial charge in [-0.05, 0) is 356 Å². The van der Waals surface area contributed by atoms with Gasteiger partial charge in [0.05, 0.1) is 5.41 Å². The van der Waals surface area contributed by atoms with Crippen molar-refractivity contribution in [3.05, 3.63) is 0 Å². The van der Waals surface area contributed by atoms with E-state index < -0.39 is 17.5 Å². The summed E-state index contributed by atoms with van der Waals surface area (Å²) >= 11 is 0. The van der Waals surface area contributed by atoms with Crippen LogP contribution in [0.1, 0.15) is 508 Å². The fraction of sp³-hybridized carbons (Fsp3) is 1.00. The van der Waals surface area contributed by atoms with Gasteiger partial charge in [-0.25, -0.2) is 8.78 Å². The van der Waals surface area contributed by atoms with Crippen LogP contribution in [0.3, 0.4) is 0 Å². The number of fused-ring (bicyclic) bond motifs is 1. The van der Waals surface area contributed by atoms with E-state index >= 15 is 0 Å². The molecule has 14 saturated carbocycles. The van der Waals surface area contributed by atoms with Crippen LogP contribution in [0.25, 0.3) is 0 Å². The Morgan fingerprint density at radius 3 is 0.879 bits per heavy atom. The first-order valence-corrected chi connectivity index (χ1v) is 47.7. The largest absolute Gasteiger partial charge is 0.394 e. The predicted molar refractivity (Wildman–Crippen MR) is 462 cm³/mol. The van der Waals surface area contributed by atoms with Crippen LogP contribution in [0.4, 0.5) is 22.0 Å². The molecule has 2 unspecified atom stereocenters. The van der Waals surface area contributed by atoms with Crippen LogP contribution < -0.4 is 0 Å². The lowest BCUT2D eigenvalue weighted by atomic mass is 9.51. The molecule has 5 heteroatoms. The molecule has 14 fully saturated rings. The smallest absolute Gasteiger partial charge is 0.207 e. The summed E-state index contributed by atoms with van der Waals surface area (Å²) in [6, 6.07) is 0. The van der Waals surface area contributed by atoms with Gasteiger partial charge in [0, 0.05) is 12.3 Å². The molecule has 0 aliphatic heterocycles. The number of rotatable bonds is 6. The monoisotopic (exact) mass is 1510 g/mol. The van der Waals surface area contributed by atoms with E-state index in [4.69, 9.17) is 0 Å². The summed E-state index contributed by atoms with van der Waals surface area (Å²) in [6.07, 6.45) is 65.7. The standard InChI is InChI=1S/C17H32.C15H28.C13H24.C12H24.C11H22.C10H20.C9H13F3.C9H18.C6H10F2/c1-6-14-7-9-17(10-8-14)12-15(2,3)11-16(4,5)13-17;1-4-13-5-7-15(8-6-13)11-9-14(2,3)10-12-15;1-2-12-6-10-13(11-7-12)8-4-3-5-9-13;1-6-10-7-11(2,3)9-12(4,5)8-10;1-9-6-10(2,3)8-11(4,5)7-9;1-4-9-5-7-10(2,3)8-6-9;1-5-6-3-4-7(5)8(6,2)9(10,11)12;1-3-9(2)7-5-4-6-8-9;1-5-3-2-4-6(5,7)8/h14H,6-13H2,1-5H3;13H,4-12H2,1-3H3;12H,2-11H2,1H3;10H,6-9H2,1-5H3;9H,6-8H2,1-5H3;9H,4-8H2,1-3H3;5-7H,3-4H2,1-2H3;3-8H2,1-2H3;5H,2-4H2,1H3/t;;;;;;5?,6-,7+,8?;;5-/m........1/s1. The maximum atomic E-state index is 12.6. The SMILES string of the molecule is CC1CC(C)(C)CC(C)(C)C1.CC1[C@H]2CC[C@@H]1C2(C)C(F)(F)F.CCC1(C)CCCCC1.CCC1CC(C)(C)CC(C)(C)C1.CCC1CCC(C)(C)CC1.CCC1CCC2(CC1)CC(C)(C)CC(C)(C)C2.CCC1CCC2(CC1)CCC(C)(C)CC2.CCC1CCC2(CCCCC2)CC1.C[C@@H]1CCCC1(F)F. The van der Waals surface area contributed by atoms with E-state index in [1.54, 1.807) is 45.4 Å². The van der Waals surface area contributed by atoms with E-state index in [0.717, 1.165) is 64.6 Å². The molecule has 0 N–H and O–H groups in total. The predicted octanol–water partition coefficient (Wildman–Crippen LogP) is 36.3. The van der Waals surface area contributed by atoms with Gasteiger partial charge in [0.15, 0.2) is 0 Å². The van der Waals surface area contributed by atoms with Crippen molar-refractivity contribution >= 4 is 0 Å². The van der Waals surface area contributed by atoms with Crippen molar-refractivity contribution in [2.75, 3.05) is 0 Å². The van der Waals surface area contributed by atoms with E-state index in [2.05, 4.69) is 166 Å². The van der Waals surface area contributed by atoms with Gasteiger partial charge in [0.1, 0.15) is 0 Å². The molecule has 0 saturated heterocycles. The zero-order valence-corrected chi connectivity index (χ0v) is 77.5. The van der Waals surface area contributed by atoms with E-state index in [1.165, 1.54) is 257 Å². The third-order valence-corrected chi connectivity index (χ3v) is 33.5. The Hall–Kier alpha value is -0.350. The summed E-state index contributed by atoms with van der Waals surface area (Å²) in [4.78, 5) is 0. The van der Waals surface area contributed by atoms with Crippen LogP contribution in [0.2, 0.25) is 0 Å². The first-order chi connectivity index (χ1) is 49.2. The number of halogens is 5. The Labute approximate surface area is 667 Å². The van der Waals surface area contributed by atoms with Crippen LogP contribution in [0.5, 0.6) is 0 Å². The Morgan fingerprint density at radius 1 is 0.280 bits per heavy atom. The average Bonchev–Trinajstić information content (AvgIpc) is 1.55. The molecule has 0 aromatic rings. The summed E-state index contributed by atoms with van der Waals surface area (Å²) in [6.45, 7) is 62.9. The highest BCUT2D eigenvalue weighted by molar-refractivity contribution is 5.12. The molecule has 14 aliphatic rings. The summed E-state index contributed by atoms with van der Waals surface area (Å²) in [5.74, 6) is 3.52. The van der Waals surface area contributed by atoms with E-state index in [-0.39, 0.29) is 24.2 Å². The van der Waals surface area contributed by atoms with Crippen LogP contribution in [-0.4, -0.2) is 12.1 Å². The van der Waals surface area contributed by atoms with Crippen LogP contribution in [0.15, 0.2) is 0 Å². The van der Waals surface area contributed by atoms with E-state index in [1.807, 2.05) is 6.92 Å². The van der Waals surface area contributed by atoms with E-state index in [9.17, 15) is 22.0 Å². The van der Waals surface area contributed by atoms with Gasteiger partial charge in [0.25, 0.3) is 5.92 Å². The molecular weight excluding hydrogens is 1320 g/mol. The quantitative estimate of drug-likeness (QED) is 0.233. The fourth-order valence-electron chi connectivity index (χ4n) is 27.6. The highest BCUT2D eigenvalue weighted by Crippen LogP contribution is 2.71. The van der Waals surface area contributed by atoms with Crippen molar-refractivity contribution < 1.29 is 22.0 Å². The molecule has 634 valence electrons. The van der Waals surface area contributed by atoms with Gasteiger partial charge in [-0.15, -0.1) is 0 Å². The molecule has 14 aliphatic carbocycles. The molecule has 0 amide bonds. The minimum Gasteiger partial charge on any atom is -0.207 e. The van der Waals surface area contributed by atoms with Gasteiger partial charge < -0.3 is 0 Å². The van der Waals surface area contributed by atoms with E-state index in [0.29, 0.717) is 67.5 Å². The van der Waals surface area contributed by atoms with Crippen molar-refractivity contribution in [2.24, 2.45) is 130 Å². The average molecular weight is 1510 g/mol. The Bertz CT molecular complexity index is 2370. The van der Waals surface area contributed by atoms with Crippen LogP contribution in [0, 0.1) is 130 Å². The summed E-state index contributed by atoms with van der Waals surface area (Å²) in [5, 5.41) is 0. The van der Waals surface area contributed by atoms with Crippen molar-refractivity contribution in [2.45, 2.75) is 520 Å². The second kappa shape index (κ2) is 40.2. The van der Waals surface area contributed by atoms with Gasteiger partial charge in [-0.2, -0.15) is 13.2 Å². The van der Waals surface area contributed by atoms with Crippen molar-refractivity contribution in [1.82, 2.24) is 0 Å². The molecule has 0 nitrogen and oxygen atoms in total. The Kier molecular flexibility index (Phi) is 36.5. The third-order valence-electron chi connectivity index (χ3n) is 33.5. The topological polar surface area (TPSA) is 0 Å². The summed E-state index contributed by atoms with van der Waals surface area (Å²) in [7, 11) is 0. The van der Waals surface area contributed by atoms with Gasteiger partial charge in [-0.1, -0.05) is 264 Å². The van der Waals surface area contributed by atoms with Gasteiger partial charge >= 0.3 is 6.18 Å². The number of hydrogen-bond acceptors (Lipinski definition) is 0. The Balaban J connectivity index is 0.000000218. The minimum atomic E-state index is -3.98. The van der Waals surface area contributed by atoms with Crippen LogP contribution in [-0.2, 0) is 0 Å². The first kappa shape index (κ1) is 97.2. The lowest BCUT2D eigenvalue weighted by Gasteiger charge is -2.54. The summed E-state index contributed by atoms with van der Waals surface area (Å²) in [5.41, 5.74) is 6.50. The molecular formula is C102H191F5. The lowest BCUT2D eigenvalue weighted by Crippen LogP contribution is -2.56. The maximum Gasteiger partial charge on any atom is 0.394 e. The highest BCUT2D eigenvalue weighted by atomic mass is 19.4. The fourth-order valence-corrected chi connectivity index (χ4v) is 27.6. The zero-order valence-electron chi connectivity index (χ0n) is 77.5. The molecule has 2 bridgehead atoms. The molecule has 14 rings (SSSR count). The second-order valence-electron chi connectivity index (χ2n) is 48.6. The first-order valence-electron chi connectivity index (χ1n) is 47.7.